The van der Waals surface area contributed by atoms with E-state index in [1.54, 1.807) is 6.07 Å². The van der Waals surface area contributed by atoms with Crippen molar-refractivity contribution in [2.45, 2.75) is 46.1 Å². The first kappa shape index (κ1) is 15.8. The van der Waals surface area contributed by atoms with Crippen LogP contribution in [0, 0.1) is 22.7 Å². The van der Waals surface area contributed by atoms with Crippen LogP contribution in [-0.2, 0) is 0 Å². The molecule has 0 saturated heterocycles. The highest BCUT2D eigenvalue weighted by Gasteiger charge is 2.17. The van der Waals surface area contributed by atoms with E-state index in [1.165, 1.54) is 0 Å². The lowest BCUT2D eigenvalue weighted by Gasteiger charge is -2.20. The first-order valence-corrected chi connectivity index (χ1v) is 6.98. The van der Waals surface area contributed by atoms with Gasteiger partial charge in [-0.05, 0) is 31.9 Å². The van der Waals surface area contributed by atoms with Crippen molar-refractivity contribution < 1.29 is 4.74 Å². The van der Waals surface area contributed by atoms with Crippen LogP contribution in [0.25, 0.3) is 6.08 Å². The summed E-state index contributed by atoms with van der Waals surface area (Å²) < 4.78 is 6.03. The fourth-order valence-corrected chi connectivity index (χ4v) is 2.08. The number of rotatable bonds is 6. The quantitative estimate of drug-likeness (QED) is 0.767. The molecular formula is C17H20N2O. The Morgan fingerprint density at radius 1 is 1.25 bits per heavy atom. The molecule has 0 aliphatic rings. The maximum atomic E-state index is 9.33. The zero-order chi connectivity index (χ0) is 15.0. The molecule has 1 rings (SSSR count). The van der Waals surface area contributed by atoms with E-state index in [0.29, 0.717) is 16.9 Å². The van der Waals surface area contributed by atoms with E-state index in [-0.39, 0.29) is 6.10 Å². The van der Waals surface area contributed by atoms with Crippen molar-refractivity contribution in [2.24, 2.45) is 0 Å². The van der Waals surface area contributed by atoms with Gasteiger partial charge in [-0.15, -0.1) is 0 Å². The largest absolute Gasteiger partial charge is 0.488 e. The smallest absolute Gasteiger partial charge is 0.146 e. The summed E-state index contributed by atoms with van der Waals surface area (Å²) in [5.41, 5.74) is 1.54. The molecule has 0 aliphatic heterocycles. The minimum Gasteiger partial charge on any atom is -0.488 e. The number of nitrogens with zero attached hydrogens (tertiary/aromatic N) is 2. The SMILES string of the molecule is CC=Cc1ccc(C#N)c(C#N)c1OC(CC)CCC. The van der Waals surface area contributed by atoms with Crippen molar-refractivity contribution in [1.29, 1.82) is 10.5 Å². The maximum absolute atomic E-state index is 9.33. The highest BCUT2D eigenvalue weighted by atomic mass is 16.5. The molecule has 0 radical (unpaired) electrons. The summed E-state index contributed by atoms with van der Waals surface area (Å²) in [7, 11) is 0. The van der Waals surface area contributed by atoms with Crippen LogP contribution in [0.3, 0.4) is 0 Å². The minimum absolute atomic E-state index is 0.0741. The third-order valence-corrected chi connectivity index (χ3v) is 3.12. The van der Waals surface area contributed by atoms with E-state index >= 15 is 0 Å². The van der Waals surface area contributed by atoms with Gasteiger partial charge in [0.2, 0.25) is 0 Å². The van der Waals surface area contributed by atoms with E-state index in [1.807, 2.05) is 25.1 Å². The monoisotopic (exact) mass is 268 g/mol. The molecule has 0 bridgehead atoms. The van der Waals surface area contributed by atoms with E-state index < -0.39 is 0 Å². The number of hydrogen-bond acceptors (Lipinski definition) is 3. The van der Waals surface area contributed by atoms with Crippen molar-refractivity contribution in [3.8, 4) is 17.9 Å². The Balaban J connectivity index is 3.32. The third kappa shape index (κ3) is 3.62. The van der Waals surface area contributed by atoms with Crippen molar-refractivity contribution >= 4 is 6.08 Å². The van der Waals surface area contributed by atoms with Gasteiger partial charge < -0.3 is 4.74 Å². The lowest BCUT2D eigenvalue weighted by molar-refractivity contribution is 0.185. The molecule has 0 fully saturated rings. The van der Waals surface area contributed by atoms with E-state index in [2.05, 4.69) is 26.0 Å². The summed E-state index contributed by atoms with van der Waals surface area (Å²) >= 11 is 0. The Labute approximate surface area is 121 Å². The third-order valence-electron chi connectivity index (χ3n) is 3.12. The van der Waals surface area contributed by atoms with Gasteiger partial charge in [-0.1, -0.05) is 32.4 Å². The lowest BCUT2D eigenvalue weighted by atomic mass is 10.0. The van der Waals surface area contributed by atoms with Crippen molar-refractivity contribution in [3.63, 3.8) is 0 Å². The van der Waals surface area contributed by atoms with Gasteiger partial charge in [-0.25, -0.2) is 0 Å². The Bertz CT molecular complexity index is 562. The summed E-state index contributed by atoms with van der Waals surface area (Å²) in [6, 6.07) is 7.65. The number of ether oxygens (including phenoxy) is 1. The van der Waals surface area contributed by atoms with E-state index in [9.17, 15) is 5.26 Å². The van der Waals surface area contributed by atoms with Crippen molar-refractivity contribution in [2.75, 3.05) is 0 Å². The molecule has 20 heavy (non-hydrogen) atoms. The summed E-state index contributed by atoms with van der Waals surface area (Å²) in [5.74, 6) is 0.532. The molecule has 0 aromatic heterocycles. The number of nitriles is 2. The molecular weight excluding hydrogens is 248 g/mol. The predicted octanol–water partition coefficient (Wildman–Crippen LogP) is 4.42. The van der Waals surface area contributed by atoms with Gasteiger partial charge in [0.1, 0.15) is 23.5 Å². The summed E-state index contributed by atoms with van der Waals surface area (Å²) in [5, 5.41) is 18.4. The first-order valence-electron chi connectivity index (χ1n) is 6.98. The van der Waals surface area contributed by atoms with Gasteiger partial charge in [0.05, 0.1) is 11.7 Å². The van der Waals surface area contributed by atoms with Crippen LogP contribution in [0.5, 0.6) is 5.75 Å². The van der Waals surface area contributed by atoms with Gasteiger partial charge in [0, 0.05) is 5.56 Å². The molecule has 1 atom stereocenters. The van der Waals surface area contributed by atoms with Crippen LogP contribution in [0.4, 0.5) is 0 Å². The van der Waals surface area contributed by atoms with Crippen molar-refractivity contribution in [3.05, 3.63) is 34.9 Å². The summed E-state index contributed by atoms with van der Waals surface area (Å²) in [4.78, 5) is 0. The number of hydrogen-bond donors (Lipinski definition) is 0. The fraction of sp³-hybridized carbons (Fsp3) is 0.412. The zero-order valence-corrected chi connectivity index (χ0v) is 12.3. The molecule has 0 heterocycles. The fourth-order valence-electron chi connectivity index (χ4n) is 2.08. The summed E-state index contributed by atoms with van der Waals surface area (Å²) in [6.07, 6.45) is 6.71. The molecule has 104 valence electrons. The van der Waals surface area contributed by atoms with Crippen LogP contribution >= 0.6 is 0 Å². The minimum atomic E-state index is 0.0741. The van der Waals surface area contributed by atoms with Gasteiger partial charge in [-0.3, -0.25) is 0 Å². The second-order valence-electron chi connectivity index (χ2n) is 4.57. The van der Waals surface area contributed by atoms with Gasteiger partial charge in [0.15, 0.2) is 0 Å². The molecule has 0 spiro atoms. The zero-order valence-electron chi connectivity index (χ0n) is 12.3. The van der Waals surface area contributed by atoms with E-state index in [4.69, 9.17) is 10.00 Å². The molecule has 1 unspecified atom stereocenters. The maximum Gasteiger partial charge on any atom is 0.146 e. The summed E-state index contributed by atoms with van der Waals surface area (Å²) in [6.45, 7) is 6.09. The Morgan fingerprint density at radius 2 is 2.00 bits per heavy atom. The molecule has 0 amide bonds. The molecule has 1 aromatic carbocycles. The number of allylic oxidation sites excluding steroid dienone is 1. The normalized spacial score (nSPS) is 11.8. The molecule has 0 saturated carbocycles. The highest BCUT2D eigenvalue weighted by molar-refractivity contribution is 5.66. The Hall–Kier alpha value is -2.26. The average Bonchev–Trinajstić information content (AvgIpc) is 2.47. The van der Waals surface area contributed by atoms with E-state index in [0.717, 1.165) is 24.8 Å². The lowest BCUT2D eigenvalue weighted by Crippen LogP contribution is -2.16. The predicted molar refractivity (Wildman–Crippen MR) is 80.2 cm³/mol. The molecule has 0 N–H and O–H groups in total. The molecule has 0 aliphatic carbocycles. The van der Waals surface area contributed by atoms with Crippen LogP contribution in [0.2, 0.25) is 0 Å². The highest BCUT2D eigenvalue weighted by Crippen LogP contribution is 2.30. The van der Waals surface area contributed by atoms with Crippen LogP contribution in [-0.4, -0.2) is 6.10 Å². The Morgan fingerprint density at radius 3 is 2.50 bits per heavy atom. The van der Waals surface area contributed by atoms with Crippen LogP contribution in [0.15, 0.2) is 18.2 Å². The van der Waals surface area contributed by atoms with Crippen LogP contribution < -0.4 is 4.74 Å². The Kier molecular flexibility index (Phi) is 6.33. The van der Waals surface area contributed by atoms with Gasteiger partial charge in [0.25, 0.3) is 0 Å². The second-order valence-corrected chi connectivity index (χ2v) is 4.57. The van der Waals surface area contributed by atoms with Gasteiger partial charge in [-0.2, -0.15) is 10.5 Å². The number of benzene rings is 1. The average molecular weight is 268 g/mol. The van der Waals surface area contributed by atoms with Gasteiger partial charge >= 0.3 is 0 Å². The standard InChI is InChI=1S/C17H20N2O/c1-4-7-13-9-10-14(11-18)16(12-19)17(13)20-15(6-3)8-5-2/h4,7,9-10,15H,5-6,8H2,1-3H3. The van der Waals surface area contributed by atoms with Crippen molar-refractivity contribution in [1.82, 2.24) is 0 Å². The van der Waals surface area contributed by atoms with Crippen LogP contribution in [0.1, 0.15) is 56.7 Å². The molecule has 1 aromatic rings. The first-order chi connectivity index (χ1) is 9.71. The topological polar surface area (TPSA) is 56.8 Å². The molecule has 3 nitrogen and oxygen atoms in total. The second kappa shape index (κ2) is 8.02. The molecule has 3 heteroatoms.